The molecule has 0 spiro atoms. The Labute approximate surface area is 203 Å². The van der Waals surface area contributed by atoms with E-state index in [0.29, 0.717) is 25.3 Å². The molecule has 2 aliphatic heterocycles. The summed E-state index contributed by atoms with van der Waals surface area (Å²) < 4.78 is 43.4. The highest BCUT2D eigenvalue weighted by molar-refractivity contribution is 5.76. The van der Waals surface area contributed by atoms with Gasteiger partial charge in [0, 0.05) is 70.2 Å². The molecule has 0 atom stereocenters. The summed E-state index contributed by atoms with van der Waals surface area (Å²) >= 11 is 0. The van der Waals surface area contributed by atoms with Crippen molar-refractivity contribution >= 4 is 17.4 Å². The van der Waals surface area contributed by atoms with Gasteiger partial charge in [0.05, 0.1) is 12.7 Å². The van der Waals surface area contributed by atoms with Gasteiger partial charge >= 0.3 is 6.18 Å². The lowest BCUT2D eigenvalue weighted by Gasteiger charge is -2.36. The predicted octanol–water partition coefficient (Wildman–Crippen LogP) is 3.41. The van der Waals surface area contributed by atoms with Crippen LogP contribution in [0.2, 0.25) is 0 Å². The van der Waals surface area contributed by atoms with Crippen LogP contribution in [0.1, 0.15) is 24.8 Å². The van der Waals surface area contributed by atoms with Gasteiger partial charge in [0.25, 0.3) is 0 Å². The summed E-state index contributed by atoms with van der Waals surface area (Å²) in [6, 6.07) is 10.6. The Morgan fingerprint density at radius 3 is 2.26 bits per heavy atom. The van der Waals surface area contributed by atoms with E-state index in [-0.39, 0.29) is 11.9 Å². The Kier molecular flexibility index (Phi) is 8.00. The lowest BCUT2D eigenvalue weighted by molar-refractivity contribution is -0.137. The van der Waals surface area contributed by atoms with E-state index in [4.69, 9.17) is 4.74 Å². The summed E-state index contributed by atoms with van der Waals surface area (Å²) in [5, 5.41) is 3.12. The van der Waals surface area contributed by atoms with E-state index >= 15 is 0 Å². The first-order chi connectivity index (χ1) is 16.8. The molecule has 2 fully saturated rings. The molecule has 2 aliphatic rings. The first-order valence-electron chi connectivity index (χ1n) is 12.0. The molecular formula is C25H32F3N5O2. The van der Waals surface area contributed by atoms with Gasteiger partial charge in [0.2, 0.25) is 5.91 Å². The molecule has 7 nitrogen and oxygen atoms in total. The number of anilines is 2. The Morgan fingerprint density at radius 1 is 1.00 bits per heavy atom. The molecular weight excluding hydrogens is 459 g/mol. The molecule has 2 saturated heterocycles. The number of piperidine rings is 1. The summed E-state index contributed by atoms with van der Waals surface area (Å²) in [5.74, 6) is 1.44. The van der Waals surface area contributed by atoms with Crippen molar-refractivity contribution in [1.82, 2.24) is 15.2 Å². The number of hydrogen-bond acceptors (Lipinski definition) is 6. The monoisotopic (exact) mass is 491 g/mol. The Bertz CT molecular complexity index is 953. The van der Waals surface area contributed by atoms with Crippen LogP contribution >= 0.6 is 0 Å². The summed E-state index contributed by atoms with van der Waals surface area (Å²) in [6.45, 7) is 5.70. The minimum Gasteiger partial charge on any atom is -0.497 e. The van der Waals surface area contributed by atoms with Crippen LogP contribution in [0, 0.1) is 0 Å². The number of halogens is 3. The fraction of sp³-hybridized carbons (Fsp3) is 0.520. The number of methoxy groups -OCH3 is 1. The van der Waals surface area contributed by atoms with E-state index in [0.717, 1.165) is 63.6 Å². The quantitative estimate of drug-likeness (QED) is 0.641. The number of piperazine rings is 1. The van der Waals surface area contributed by atoms with E-state index in [1.807, 2.05) is 17.0 Å². The molecule has 1 aromatic carbocycles. The van der Waals surface area contributed by atoms with Crippen molar-refractivity contribution < 1.29 is 22.7 Å². The Hall–Kier alpha value is -3.01. The topological polar surface area (TPSA) is 60.9 Å². The van der Waals surface area contributed by atoms with E-state index in [1.54, 1.807) is 7.11 Å². The highest BCUT2D eigenvalue weighted by Gasteiger charge is 2.31. The first-order valence-corrected chi connectivity index (χ1v) is 12.0. The standard InChI is InChI=1S/C25H32F3N5O2/c1-35-22-5-3-21(4-6-22)32-16-14-31(15-17-32)11-10-24(34)30-20-8-12-33(13-9-20)23-7-2-19(18-29-23)25(26,27)28/h2-7,18,20H,8-17H2,1H3,(H,30,34). The van der Waals surface area contributed by atoms with Crippen LogP contribution in [-0.4, -0.2) is 74.8 Å². The molecule has 10 heteroatoms. The average Bonchev–Trinajstić information content (AvgIpc) is 2.88. The van der Waals surface area contributed by atoms with E-state index in [2.05, 4.69) is 32.2 Å². The highest BCUT2D eigenvalue weighted by atomic mass is 19.4. The molecule has 1 aromatic heterocycles. The zero-order valence-corrected chi connectivity index (χ0v) is 19.9. The van der Waals surface area contributed by atoms with E-state index < -0.39 is 11.7 Å². The van der Waals surface area contributed by atoms with Crippen molar-refractivity contribution in [3.05, 3.63) is 48.2 Å². The third-order valence-corrected chi connectivity index (χ3v) is 6.72. The minimum atomic E-state index is -4.38. The summed E-state index contributed by atoms with van der Waals surface area (Å²) in [5.41, 5.74) is 0.437. The van der Waals surface area contributed by atoms with Crippen molar-refractivity contribution in [2.24, 2.45) is 0 Å². The lowest BCUT2D eigenvalue weighted by atomic mass is 10.0. The lowest BCUT2D eigenvalue weighted by Crippen LogP contribution is -2.48. The molecule has 4 rings (SSSR count). The van der Waals surface area contributed by atoms with Gasteiger partial charge in [-0.3, -0.25) is 9.69 Å². The first kappa shape index (κ1) is 25.1. The molecule has 1 N–H and O–H groups in total. The van der Waals surface area contributed by atoms with E-state index in [1.165, 1.54) is 11.8 Å². The number of nitrogens with zero attached hydrogens (tertiary/aromatic N) is 4. The number of ether oxygens (including phenoxy) is 1. The highest BCUT2D eigenvalue weighted by Crippen LogP contribution is 2.30. The number of carbonyl (C=O) groups is 1. The van der Waals surface area contributed by atoms with Crippen LogP contribution in [0.25, 0.3) is 0 Å². The summed E-state index contributed by atoms with van der Waals surface area (Å²) in [6.07, 6.45) is -1.56. The minimum absolute atomic E-state index is 0.0497. The van der Waals surface area contributed by atoms with Crippen LogP contribution in [-0.2, 0) is 11.0 Å². The number of rotatable bonds is 7. The molecule has 2 aromatic rings. The molecule has 35 heavy (non-hydrogen) atoms. The second-order valence-electron chi connectivity index (χ2n) is 9.01. The third kappa shape index (κ3) is 6.78. The molecule has 1 amide bonds. The SMILES string of the molecule is COc1ccc(N2CCN(CCC(=O)NC3CCN(c4ccc(C(F)(F)F)cn4)CC3)CC2)cc1. The number of aromatic nitrogens is 1. The van der Waals surface area contributed by atoms with Crippen LogP contribution < -0.4 is 19.9 Å². The number of hydrogen-bond donors (Lipinski definition) is 1. The van der Waals surface area contributed by atoms with Gasteiger partial charge in [-0.25, -0.2) is 4.98 Å². The van der Waals surface area contributed by atoms with E-state index in [9.17, 15) is 18.0 Å². The van der Waals surface area contributed by atoms with Gasteiger partial charge in [-0.2, -0.15) is 13.2 Å². The maximum Gasteiger partial charge on any atom is 0.417 e. The van der Waals surface area contributed by atoms with Crippen LogP contribution in [0.3, 0.4) is 0 Å². The number of alkyl halides is 3. The second-order valence-corrected chi connectivity index (χ2v) is 9.01. The second kappa shape index (κ2) is 11.2. The summed E-state index contributed by atoms with van der Waals surface area (Å²) in [4.78, 5) is 23.1. The van der Waals surface area contributed by atoms with Crippen molar-refractivity contribution in [1.29, 1.82) is 0 Å². The number of nitrogens with one attached hydrogen (secondary N) is 1. The zero-order valence-electron chi connectivity index (χ0n) is 19.9. The molecule has 190 valence electrons. The van der Waals surface area contributed by atoms with Crippen LogP contribution in [0.15, 0.2) is 42.6 Å². The number of amides is 1. The smallest absolute Gasteiger partial charge is 0.417 e. The zero-order chi connectivity index (χ0) is 24.8. The Balaban J connectivity index is 1.14. The molecule has 0 unspecified atom stereocenters. The summed E-state index contributed by atoms with van der Waals surface area (Å²) in [7, 11) is 1.66. The predicted molar refractivity (Wildman–Crippen MR) is 129 cm³/mol. The van der Waals surface area contributed by atoms with Crippen LogP contribution in [0.5, 0.6) is 5.75 Å². The van der Waals surface area contributed by atoms with Gasteiger partial charge in [-0.1, -0.05) is 0 Å². The van der Waals surface area contributed by atoms with Gasteiger partial charge in [0.15, 0.2) is 0 Å². The molecule has 0 aliphatic carbocycles. The fourth-order valence-electron chi connectivity index (χ4n) is 4.58. The number of pyridine rings is 1. The largest absolute Gasteiger partial charge is 0.497 e. The molecule has 0 radical (unpaired) electrons. The normalized spacial score (nSPS) is 17.9. The maximum absolute atomic E-state index is 12.7. The maximum atomic E-state index is 12.7. The van der Waals surface area contributed by atoms with Gasteiger partial charge in [0.1, 0.15) is 11.6 Å². The number of carbonyl (C=O) groups excluding carboxylic acids is 1. The number of benzene rings is 1. The average molecular weight is 492 g/mol. The van der Waals surface area contributed by atoms with Crippen molar-refractivity contribution in [2.45, 2.75) is 31.5 Å². The third-order valence-electron chi connectivity index (χ3n) is 6.72. The van der Waals surface area contributed by atoms with Gasteiger partial charge in [-0.15, -0.1) is 0 Å². The Morgan fingerprint density at radius 2 is 1.69 bits per heavy atom. The van der Waals surface area contributed by atoms with Crippen molar-refractivity contribution in [2.75, 3.05) is 62.7 Å². The van der Waals surface area contributed by atoms with Crippen molar-refractivity contribution in [3.63, 3.8) is 0 Å². The molecule has 3 heterocycles. The fourth-order valence-corrected chi connectivity index (χ4v) is 4.58. The molecule has 0 saturated carbocycles. The molecule has 0 bridgehead atoms. The van der Waals surface area contributed by atoms with Crippen LogP contribution in [0.4, 0.5) is 24.7 Å². The van der Waals surface area contributed by atoms with Gasteiger partial charge < -0.3 is 19.9 Å². The van der Waals surface area contributed by atoms with Gasteiger partial charge in [-0.05, 0) is 49.2 Å². The van der Waals surface area contributed by atoms with Crippen molar-refractivity contribution in [3.8, 4) is 5.75 Å².